The van der Waals surface area contributed by atoms with Crippen molar-refractivity contribution in [2.75, 3.05) is 11.5 Å². The van der Waals surface area contributed by atoms with Crippen LogP contribution in [0.2, 0.25) is 0 Å². The second-order valence-electron chi connectivity index (χ2n) is 7.01. The number of carbonyl (C=O) groups is 1. The summed E-state index contributed by atoms with van der Waals surface area (Å²) in [6, 6.07) is 16.4. The fraction of sp³-hybridized carbons (Fsp3) is 0.391. The Kier molecular flexibility index (Phi) is 7.88. The maximum Gasteiger partial charge on any atom is 0.343 e. The van der Waals surface area contributed by atoms with E-state index >= 15 is 0 Å². The van der Waals surface area contributed by atoms with Gasteiger partial charge in [-0.05, 0) is 65.8 Å². The van der Waals surface area contributed by atoms with Gasteiger partial charge in [-0.2, -0.15) is 5.26 Å². The third-order valence-corrected chi connectivity index (χ3v) is 8.09. The molecule has 0 aromatic heterocycles. The lowest BCUT2D eigenvalue weighted by Gasteiger charge is -2.28. The molecule has 0 spiro atoms. The molecule has 1 aliphatic rings. The summed E-state index contributed by atoms with van der Waals surface area (Å²) in [4.78, 5) is 12.2. The van der Waals surface area contributed by atoms with Crippen LogP contribution in [0, 0.1) is 17.2 Å². The van der Waals surface area contributed by atoms with Gasteiger partial charge in [0.1, 0.15) is 5.75 Å². The number of nitrogens with zero attached hydrogens (tertiary/aromatic N) is 1. The van der Waals surface area contributed by atoms with Crippen LogP contribution in [-0.4, -0.2) is 17.5 Å². The van der Waals surface area contributed by atoms with Crippen molar-refractivity contribution >= 4 is 29.5 Å². The van der Waals surface area contributed by atoms with Crippen LogP contribution in [0.3, 0.4) is 0 Å². The van der Waals surface area contributed by atoms with E-state index in [4.69, 9.17) is 10.00 Å². The minimum atomic E-state index is -0.409. The second-order valence-corrected chi connectivity index (χ2v) is 9.58. The topological polar surface area (TPSA) is 50.1 Å². The van der Waals surface area contributed by atoms with E-state index in [1.54, 1.807) is 24.3 Å². The molecule has 5 heteroatoms. The first-order valence-corrected chi connectivity index (χ1v) is 11.8. The molecule has 2 aromatic carbocycles. The van der Waals surface area contributed by atoms with Crippen molar-refractivity contribution in [2.24, 2.45) is 5.92 Å². The van der Waals surface area contributed by atoms with E-state index in [2.05, 4.69) is 19.1 Å². The lowest BCUT2D eigenvalue weighted by molar-refractivity contribution is 0.0734. The standard InChI is InChI=1S/C23H25NO2S2/c1-2-3-4-5-18-15-27-23(28-16-18)20-10-12-21(13-11-20)26-22(25)19-8-6-17(14-24)7-9-19/h6-13,18,23H,2-5,15-16H2,1H3. The van der Waals surface area contributed by atoms with Gasteiger partial charge >= 0.3 is 5.97 Å². The van der Waals surface area contributed by atoms with Gasteiger partial charge in [0.15, 0.2) is 0 Å². The number of esters is 1. The molecule has 0 unspecified atom stereocenters. The number of hydrogen-bond acceptors (Lipinski definition) is 5. The van der Waals surface area contributed by atoms with Crippen molar-refractivity contribution in [3.63, 3.8) is 0 Å². The van der Waals surface area contributed by atoms with E-state index < -0.39 is 5.97 Å². The molecular weight excluding hydrogens is 386 g/mol. The Morgan fingerprint density at radius 2 is 1.75 bits per heavy atom. The van der Waals surface area contributed by atoms with E-state index in [1.165, 1.54) is 42.8 Å². The normalized spacial score (nSPS) is 19.0. The fourth-order valence-corrected chi connectivity index (χ4v) is 6.29. The number of rotatable bonds is 7. The molecule has 0 saturated carbocycles. The van der Waals surface area contributed by atoms with Crippen LogP contribution in [0.4, 0.5) is 0 Å². The first kappa shape index (κ1) is 20.8. The third-order valence-electron chi connectivity index (χ3n) is 4.80. The van der Waals surface area contributed by atoms with Gasteiger partial charge in [-0.1, -0.05) is 38.3 Å². The Labute approximate surface area is 175 Å². The first-order chi connectivity index (χ1) is 13.7. The number of unbranched alkanes of at least 4 members (excludes halogenated alkanes) is 2. The Hall–Kier alpha value is -1.90. The largest absolute Gasteiger partial charge is 0.423 e. The summed E-state index contributed by atoms with van der Waals surface area (Å²) in [5.74, 6) is 3.44. The number of benzene rings is 2. The smallest absolute Gasteiger partial charge is 0.343 e. The van der Waals surface area contributed by atoms with Crippen molar-refractivity contribution in [1.29, 1.82) is 5.26 Å². The number of nitriles is 1. The summed E-state index contributed by atoms with van der Waals surface area (Å²) >= 11 is 4.06. The fourth-order valence-electron chi connectivity index (χ4n) is 3.13. The molecule has 3 nitrogen and oxygen atoms in total. The second kappa shape index (κ2) is 10.6. The van der Waals surface area contributed by atoms with Crippen LogP contribution in [0.25, 0.3) is 0 Å². The van der Waals surface area contributed by atoms with Gasteiger partial charge in [-0.15, -0.1) is 23.5 Å². The molecule has 1 heterocycles. The van der Waals surface area contributed by atoms with Crippen molar-refractivity contribution in [2.45, 2.75) is 37.2 Å². The van der Waals surface area contributed by atoms with Gasteiger partial charge in [0, 0.05) is 0 Å². The molecule has 1 fully saturated rings. The predicted molar refractivity (Wildman–Crippen MR) is 118 cm³/mol. The predicted octanol–water partition coefficient (Wildman–Crippen LogP) is 6.45. The van der Waals surface area contributed by atoms with Crippen LogP contribution in [0.5, 0.6) is 5.75 Å². The minimum Gasteiger partial charge on any atom is -0.423 e. The zero-order valence-corrected chi connectivity index (χ0v) is 17.7. The number of carbonyl (C=O) groups excluding carboxylic acids is 1. The molecule has 2 aromatic rings. The molecule has 28 heavy (non-hydrogen) atoms. The van der Waals surface area contributed by atoms with Gasteiger partial charge < -0.3 is 4.74 Å². The Balaban J connectivity index is 1.51. The average molecular weight is 412 g/mol. The van der Waals surface area contributed by atoms with Crippen LogP contribution in [0.15, 0.2) is 48.5 Å². The van der Waals surface area contributed by atoms with Gasteiger partial charge in [0.05, 0.1) is 21.8 Å². The van der Waals surface area contributed by atoms with Crippen LogP contribution < -0.4 is 4.74 Å². The van der Waals surface area contributed by atoms with Gasteiger partial charge in [-0.25, -0.2) is 4.79 Å². The van der Waals surface area contributed by atoms with Crippen molar-refractivity contribution in [3.8, 4) is 11.8 Å². The Morgan fingerprint density at radius 1 is 1.07 bits per heavy atom. The number of thioether (sulfide) groups is 2. The quantitative estimate of drug-likeness (QED) is 0.297. The average Bonchev–Trinajstić information content (AvgIpc) is 2.75. The molecule has 0 atom stereocenters. The summed E-state index contributed by atoms with van der Waals surface area (Å²) in [6.07, 6.45) is 5.34. The lowest BCUT2D eigenvalue weighted by atomic mass is 10.1. The minimum absolute atomic E-state index is 0.409. The van der Waals surface area contributed by atoms with E-state index in [-0.39, 0.29) is 0 Å². The summed E-state index contributed by atoms with van der Waals surface area (Å²) < 4.78 is 5.92. The summed E-state index contributed by atoms with van der Waals surface area (Å²) in [5.41, 5.74) is 2.24. The van der Waals surface area contributed by atoms with E-state index in [0.717, 1.165) is 5.92 Å². The molecule has 1 saturated heterocycles. The molecular formula is C23H25NO2S2. The van der Waals surface area contributed by atoms with Gasteiger partial charge in [0.2, 0.25) is 0 Å². The zero-order valence-electron chi connectivity index (χ0n) is 16.1. The van der Waals surface area contributed by atoms with Crippen molar-refractivity contribution in [3.05, 3.63) is 65.2 Å². The van der Waals surface area contributed by atoms with E-state index in [0.29, 0.717) is 21.5 Å². The molecule has 3 rings (SSSR count). The maximum atomic E-state index is 12.2. The molecule has 146 valence electrons. The molecule has 0 aliphatic carbocycles. The van der Waals surface area contributed by atoms with Crippen molar-refractivity contribution < 1.29 is 9.53 Å². The molecule has 0 N–H and O–H groups in total. The van der Waals surface area contributed by atoms with E-state index in [1.807, 2.05) is 41.7 Å². The highest BCUT2D eigenvalue weighted by atomic mass is 32.2. The third kappa shape index (κ3) is 5.80. The van der Waals surface area contributed by atoms with Crippen LogP contribution in [0.1, 0.15) is 58.7 Å². The number of hydrogen-bond donors (Lipinski definition) is 0. The van der Waals surface area contributed by atoms with Gasteiger partial charge in [-0.3, -0.25) is 0 Å². The Morgan fingerprint density at radius 3 is 2.36 bits per heavy atom. The Bertz CT molecular complexity index is 804. The molecule has 1 aliphatic heterocycles. The zero-order chi connectivity index (χ0) is 19.8. The molecule has 0 bridgehead atoms. The maximum absolute atomic E-state index is 12.2. The summed E-state index contributed by atoms with van der Waals surface area (Å²) in [6.45, 7) is 2.26. The van der Waals surface area contributed by atoms with Crippen molar-refractivity contribution in [1.82, 2.24) is 0 Å². The summed E-state index contributed by atoms with van der Waals surface area (Å²) in [5, 5.41) is 8.83. The summed E-state index contributed by atoms with van der Waals surface area (Å²) in [7, 11) is 0. The lowest BCUT2D eigenvalue weighted by Crippen LogP contribution is -2.14. The van der Waals surface area contributed by atoms with Crippen LogP contribution >= 0.6 is 23.5 Å². The first-order valence-electron chi connectivity index (χ1n) is 9.75. The molecule has 0 amide bonds. The van der Waals surface area contributed by atoms with E-state index in [9.17, 15) is 4.79 Å². The monoisotopic (exact) mass is 411 g/mol. The highest BCUT2D eigenvalue weighted by Gasteiger charge is 2.23. The molecule has 0 radical (unpaired) electrons. The van der Waals surface area contributed by atoms with Gasteiger partial charge in [0.25, 0.3) is 0 Å². The van der Waals surface area contributed by atoms with Crippen LogP contribution in [-0.2, 0) is 0 Å². The highest BCUT2D eigenvalue weighted by molar-refractivity contribution is 8.16. The highest BCUT2D eigenvalue weighted by Crippen LogP contribution is 2.46. The SMILES string of the molecule is CCCCCC1CSC(c2ccc(OC(=O)c3ccc(C#N)cc3)cc2)SC1. The number of ether oxygens (including phenoxy) is 1.